The molecule has 0 radical (unpaired) electrons. The van der Waals surface area contributed by atoms with Crippen LogP contribution in [-0.4, -0.2) is 73.1 Å². The zero-order valence-electron chi connectivity index (χ0n) is 22.0. The van der Waals surface area contributed by atoms with Crippen molar-refractivity contribution in [1.82, 2.24) is 4.90 Å². The highest BCUT2D eigenvalue weighted by molar-refractivity contribution is 9.09. The Hall–Kier alpha value is -2.90. The van der Waals surface area contributed by atoms with E-state index in [-0.39, 0.29) is 40.9 Å². The van der Waals surface area contributed by atoms with Gasteiger partial charge in [-0.05, 0) is 54.1 Å². The fraction of sp³-hybridized carbons (Fsp3) is 0.357. The SMILES string of the molecule is COc1ccc(C2C3=CCC4C(=O)N(c5cccc(B(O)O)c5)C(=O)C4C3CC3(Cl)C(=O)N(CBr)C(=O)C23Cl)cc1O. The molecule has 218 valence electrons. The zero-order valence-corrected chi connectivity index (χ0v) is 25.1. The molecule has 2 aliphatic heterocycles. The molecule has 2 saturated heterocycles. The van der Waals surface area contributed by atoms with E-state index in [4.69, 9.17) is 27.9 Å². The molecule has 2 aliphatic carbocycles. The van der Waals surface area contributed by atoms with Crippen LogP contribution >= 0.6 is 39.1 Å². The molecule has 2 heterocycles. The van der Waals surface area contributed by atoms with Crippen LogP contribution in [0.1, 0.15) is 24.3 Å². The van der Waals surface area contributed by atoms with Crippen molar-refractivity contribution < 1.29 is 39.1 Å². The third-order valence-corrected chi connectivity index (χ3v) is 10.9. The van der Waals surface area contributed by atoms with Gasteiger partial charge in [-0.15, -0.1) is 23.2 Å². The number of anilines is 1. The summed E-state index contributed by atoms with van der Waals surface area (Å²) in [5.41, 5.74) is 1.10. The van der Waals surface area contributed by atoms with Gasteiger partial charge in [0.1, 0.15) is 0 Å². The Balaban J connectivity index is 1.50. The number of fused-ring (bicyclic) bond motifs is 4. The monoisotopic (exact) mass is 676 g/mol. The number of benzene rings is 2. The van der Waals surface area contributed by atoms with Crippen molar-refractivity contribution in [3.8, 4) is 11.5 Å². The molecule has 4 aliphatic rings. The van der Waals surface area contributed by atoms with Crippen LogP contribution in [0, 0.1) is 17.8 Å². The summed E-state index contributed by atoms with van der Waals surface area (Å²) in [6.45, 7) is 0. The number of halogens is 3. The Morgan fingerprint density at radius 3 is 2.43 bits per heavy atom. The van der Waals surface area contributed by atoms with Crippen LogP contribution in [0.3, 0.4) is 0 Å². The normalized spacial score (nSPS) is 32.0. The largest absolute Gasteiger partial charge is 0.504 e. The third kappa shape index (κ3) is 3.78. The van der Waals surface area contributed by atoms with Crippen molar-refractivity contribution in [1.29, 1.82) is 0 Å². The summed E-state index contributed by atoms with van der Waals surface area (Å²) >= 11 is 17.6. The molecule has 4 amide bonds. The van der Waals surface area contributed by atoms with Gasteiger partial charge in [-0.25, -0.2) is 0 Å². The van der Waals surface area contributed by atoms with Crippen LogP contribution in [0.5, 0.6) is 11.5 Å². The van der Waals surface area contributed by atoms with Gasteiger partial charge in [0.2, 0.25) is 11.8 Å². The van der Waals surface area contributed by atoms with Gasteiger partial charge in [-0.3, -0.25) is 29.0 Å². The van der Waals surface area contributed by atoms with Crippen LogP contribution in [0.15, 0.2) is 54.1 Å². The summed E-state index contributed by atoms with van der Waals surface area (Å²) in [5, 5.41) is 29.9. The lowest BCUT2D eigenvalue weighted by Gasteiger charge is -2.50. The molecule has 0 bridgehead atoms. The van der Waals surface area contributed by atoms with Crippen molar-refractivity contribution in [2.24, 2.45) is 17.8 Å². The zero-order chi connectivity index (χ0) is 30.3. The Bertz CT molecular complexity index is 1590. The first-order valence-electron chi connectivity index (χ1n) is 13.1. The maximum atomic E-state index is 14.1. The van der Waals surface area contributed by atoms with E-state index in [9.17, 15) is 34.3 Å². The Labute approximate surface area is 259 Å². The molecule has 6 rings (SSSR count). The van der Waals surface area contributed by atoms with Gasteiger partial charge in [0.05, 0.1) is 30.1 Å². The lowest BCUT2D eigenvalue weighted by Crippen LogP contribution is -2.60. The number of amides is 4. The van der Waals surface area contributed by atoms with E-state index in [0.29, 0.717) is 11.1 Å². The van der Waals surface area contributed by atoms with E-state index in [2.05, 4.69) is 15.9 Å². The number of ether oxygens (including phenoxy) is 1. The molecule has 2 aromatic rings. The smallest absolute Gasteiger partial charge is 0.488 e. The first kappa shape index (κ1) is 29.2. The van der Waals surface area contributed by atoms with Crippen molar-refractivity contribution in [2.75, 3.05) is 17.5 Å². The number of phenols is 1. The number of rotatable bonds is 5. The van der Waals surface area contributed by atoms with Crippen LogP contribution in [0.25, 0.3) is 0 Å². The highest BCUT2D eigenvalue weighted by Gasteiger charge is 2.76. The first-order chi connectivity index (χ1) is 19.9. The molecule has 0 aromatic heterocycles. The van der Waals surface area contributed by atoms with Crippen LogP contribution in [0.4, 0.5) is 5.69 Å². The van der Waals surface area contributed by atoms with Gasteiger partial charge in [-0.2, -0.15) is 0 Å². The van der Waals surface area contributed by atoms with E-state index in [1.807, 2.05) is 0 Å². The number of nitrogens with zero attached hydrogens (tertiary/aromatic N) is 2. The van der Waals surface area contributed by atoms with E-state index >= 15 is 0 Å². The predicted molar refractivity (Wildman–Crippen MR) is 157 cm³/mol. The Morgan fingerprint density at radius 2 is 1.79 bits per heavy atom. The Kier molecular flexibility index (Phi) is 7.01. The van der Waals surface area contributed by atoms with E-state index in [1.54, 1.807) is 12.1 Å². The number of carbonyl (C=O) groups excluding carboxylic acids is 4. The van der Waals surface area contributed by atoms with Crippen molar-refractivity contribution in [3.05, 3.63) is 59.7 Å². The lowest BCUT2D eigenvalue weighted by atomic mass is 9.56. The minimum Gasteiger partial charge on any atom is -0.504 e. The van der Waals surface area contributed by atoms with Crippen LogP contribution in [0.2, 0.25) is 0 Å². The minimum absolute atomic E-state index is 0.107. The molecule has 14 heteroatoms. The number of allylic oxidation sites excluding steroid dienone is 2. The molecular formula is C28H24BBrCl2N2O8. The van der Waals surface area contributed by atoms with Crippen molar-refractivity contribution in [2.45, 2.75) is 28.5 Å². The molecule has 2 aromatic carbocycles. The highest BCUT2D eigenvalue weighted by atomic mass is 79.9. The minimum atomic E-state index is -1.99. The molecule has 3 N–H and O–H groups in total. The second-order valence-electron chi connectivity index (χ2n) is 10.9. The molecule has 1 saturated carbocycles. The Morgan fingerprint density at radius 1 is 1.05 bits per heavy atom. The summed E-state index contributed by atoms with van der Waals surface area (Å²) in [5.74, 6) is -5.94. The second kappa shape index (κ2) is 10.1. The summed E-state index contributed by atoms with van der Waals surface area (Å²) in [4.78, 5) is 53.3. The maximum absolute atomic E-state index is 14.1. The highest BCUT2D eigenvalue weighted by Crippen LogP contribution is 2.65. The van der Waals surface area contributed by atoms with E-state index in [1.165, 1.54) is 43.5 Å². The summed E-state index contributed by atoms with van der Waals surface area (Å²) in [6.07, 6.45) is 1.76. The van der Waals surface area contributed by atoms with Crippen molar-refractivity contribution >= 4 is 81.0 Å². The van der Waals surface area contributed by atoms with Crippen molar-refractivity contribution in [3.63, 3.8) is 0 Å². The fourth-order valence-electron chi connectivity index (χ4n) is 7.09. The number of alkyl halides is 3. The molecule has 10 nitrogen and oxygen atoms in total. The number of methoxy groups -OCH3 is 1. The van der Waals surface area contributed by atoms with Crippen LogP contribution < -0.4 is 15.1 Å². The number of phenolic OH excluding ortho intramolecular Hbond substituents is 1. The van der Waals surface area contributed by atoms with E-state index < -0.39 is 64.2 Å². The molecule has 0 spiro atoms. The molecule has 6 atom stereocenters. The summed E-state index contributed by atoms with van der Waals surface area (Å²) in [6, 6.07) is 10.4. The number of aromatic hydroxyl groups is 1. The summed E-state index contributed by atoms with van der Waals surface area (Å²) in [7, 11) is -0.412. The average molecular weight is 678 g/mol. The topological polar surface area (TPSA) is 145 Å². The quantitative estimate of drug-likeness (QED) is 0.143. The number of hydrogen-bond acceptors (Lipinski definition) is 8. The molecule has 3 fully saturated rings. The van der Waals surface area contributed by atoms with E-state index in [0.717, 1.165) is 9.80 Å². The number of likely N-dealkylation sites (tertiary alicyclic amines) is 1. The van der Waals surface area contributed by atoms with Gasteiger partial charge >= 0.3 is 7.12 Å². The van der Waals surface area contributed by atoms with Gasteiger partial charge in [0.25, 0.3) is 11.8 Å². The molecule has 42 heavy (non-hydrogen) atoms. The third-order valence-electron chi connectivity index (χ3n) is 8.98. The van der Waals surface area contributed by atoms with Gasteiger partial charge < -0.3 is 19.9 Å². The second-order valence-corrected chi connectivity index (χ2v) is 12.6. The van der Waals surface area contributed by atoms with Crippen LogP contribution in [-0.2, 0) is 19.2 Å². The van der Waals surface area contributed by atoms with Gasteiger partial charge in [0, 0.05) is 5.92 Å². The predicted octanol–water partition coefficient (Wildman–Crippen LogP) is 2.00. The number of hydrogen-bond donors (Lipinski definition) is 3. The molecule has 6 unspecified atom stereocenters. The summed E-state index contributed by atoms with van der Waals surface area (Å²) < 4.78 is 5.18. The lowest BCUT2D eigenvalue weighted by molar-refractivity contribution is -0.138. The average Bonchev–Trinajstić information content (AvgIpc) is 3.30. The number of imide groups is 2. The van der Waals surface area contributed by atoms with Gasteiger partial charge in [0.15, 0.2) is 21.2 Å². The first-order valence-corrected chi connectivity index (χ1v) is 15.0. The maximum Gasteiger partial charge on any atom is 0.488 e. The fourth-order valence-corrected chi connectivity index (χ4v) is 8.52. The molecular weight excluding hydrogens is 654 g/mol. The standard InChI is InChI=1S/C28H24BBrCl2N2O8/c1-42-20-8-5-13(9-19(20)35)22-16-6-7-17-21(18(16)11-27(31)25(38)33(12-30)26(39)28(22,27)32)24(37)34(23(17)36)15-4-2-3-14(10-15)29(40)41/h2-6,8-10,17-18,21-22,35,40-41H,7,11-12H2,1H3. The van der Waals surface area contributed by atoms with Gasteiger partial charge in [-0.1, -0.05) is 45.8 Å². The number of carbonyl (C=O) groups is 4.